The van der Waals surface area contributed by atoms with Gasteiger partial charge in [-0.25, -0.2) is 4.98 Å². The summed E-state index contributed by atoms with van der Waals surface area (Å²) < 4.78 is 2.21. The first-order chi connectivity index (χ1) is 8.29. The highest BCUT2D eigenvalue weighted by Gasteiger charge is 2.12. The number of rotatable bonds is 5. The zero-order chi connectivity index (χ0) is 12.1. The SMILES string of the molecule is CNCCC(=O)NCc1cn2c(n1)CCCC2.Cl.Cl. The zero-order valence-electron chi connectivity index (χ0n) is 11.1. The van der Waals surface area contributed by atoms with Crippen molar-refractivity contribution in [2.24, 2.45) is 0 Å². The van der Waals surface area contributed by atoms with E-state index in [1.807, 2.05) is 7.05 Å². The molecule has 0 aliphatic carbocycles. The Morgan fingerprint density at radius 1 is 1.42 bits per heavy atom. The van der Waals surface area contributed by atoms with Crippen molar-refractivity contribution in [3.8, 4) is 0 Å². The quantitative estimate of drug-likeness (QED) is 0.862. The smallest absolute Gasteiger partial charge is 0.221 e. The number of aryl methyl sites for hydroxylation is 2. The first-order valence-corrected chi connectivity index (χ1v) is 6.26. The van der Waals surface area contributed by atoms with E-state index in [0.717, 1.165) is 24.5 Å². The lowest BCUT2D eigenvalue weighted by atomic mass is 10.2. The molecule has 7 heteroatoms. The second-order valence-electron chi connectivity index (χ2n) is 4.43. The number of aromatic nitrogens is 2. The molecule has 0 atom stereocenters. The lowest BCUT2D eigenvalue weighted by molar-refractivity contribution is -0.121. The molecule has 19 heavy (non-hydrogen) atoms. The zero-order valence-corrected chi connectivity index (χ0v) is 12.8. The minimum absolute atomic E-state index is 0. The van der Waals surface area contributed by atoms with Gasteiger partial charge in [-0.2, -0.15) is 0 Å². The van der Waals surface area contributed by atoms with Crippen molar-refractivity contribution < 1.29 is 4.79 Å². The predicted octanol–water partition coefficient (Wildman–Crippen LogP) is 1.29. The molecule has 0 spiro atoms. The summed E-state index contributed by atoms with van der Waals surface area (Å²) in [5, 5.41) is 5.84. The average molecular weight is 309 g/mol. The van der Waals surface area contributed by atoms with Gasteiger partial charge >= 0.3 is 0 Å². The lowest BCUT2D eigenvalue weighted by Crippen LogP contribution is -2.26. The van der Waals surface area contributed by atoms with Crippen LogP contribution in [-0.2, 0) is 24.3 Å². The molecule has 110 valence electrons. The van der Waals surface area contributed by atoms with E-state index in [2.05, 4.69) is 26.4 Å². The van der Waals surface area contributed by atoms with Crippen molar-refractivity contribution in [2.45, 2.75) is 38.8 Å². The molecule has 1 aromatic heterocycles. The van der Waals surface area contributed by atoms with Crippen molar-refractivity contribution in [1.82, 2.24) is 20.2 Å². The topological polar surface area (TPSA) is 59.0 Å². The minimum atomic E-state index is 0. The van der Waals surface area contributed by atoms with Gasteiger partial charge in [0.2, 0.25) is 5.91 Å². The maximum absolute atomic E-state index is 11.4. The van der Waals surface area contributed by atoms with Crippen LogP contribution in [0.4, 0.5) is 0 Å². The normalized spacial score (nSPS) is 12.9. The molecule has 0 bridgehead atoms. The number of fused-ring (bicyclic) bond motifs is 1. The number of carbonyl (C=O) groups excluding carboxylic acids is 1. The summed E-state index contributed by atoms with van der Waals surface area (Å²) in [6.07, 6.45) is 6.10. The third kappa shape index (κ3) is 5.38. The number of nitrogens with zero attached hydrogens (tertiary/aromatic N) is 2. The molecule has 0 aromatic carbocycles. The summed E-state index contributed by atoms with van der Waals surface area (Å²) in [5.41, 5.74) is 0.972. The molecule has 2 rings (SSSR count). The summed E-state index contributed by atoms with van der Waals surface area (Å²) >= 11 is 0. The van der Waals surface area contributed by atoms with E-state index in [1.54, 1.807) is 0 Å². The van der Waals surface area contributed by atoms with Crippen molar-refractivity contribution in [2.75, 3.05) is 13.6 Å². The van der Waals surface area contributed by atoms with Crippen LogP contribution in [-0.4, -0.2) is 29.1 Å². The Hall–Kier alpha value is -0.780. The predicted molar refractivity (Wildman–Crippen MR) is 80.1 cm³/mol. The highest BCUT2D eigenvalue weighted by atomic mass is 35.5. The number of hydrogen-bond acceptors (Lipinski definition) is 3. The number of carbonyl (C=O) groups is 1. The Balaban J connectivity index is 0.00000162. The Morgan fingerprint density at radius 2 is 2.21 bits per heavy atom. The second-order valence-corrected chi connectivity index (χ2v) is 4.43. The number of amides is 1. The third-order valence-electron chi connectivity index (χ3n) is 3.03. The Kier molecular flexibility index (Phi) is 8.80. The fourth-order valence-corrected chi connectivity index (χ4v) is 2.07. The third-order valence-corrected chi connectivity index (χ3v) is 3.03. The molecule has 5 nitrogen and oxygen atoms in total. The van der Waals surface area contributed by atoms with Gasteiger partial charge < -0.3 is 15.2 Å². The Labute approximate surface area is 126 Å². The van der Waals surface area contributed by atoms with Gasteiger partial charge in [0.15, 0.2) is 0 Å². The molecule has 1 amide bonds. The van der Waals surface area contributed by atoms with Crippen LogP contribution >= 0.6 is 24.8 Å². The summed E-state index contributed by atoms with van der Waals surface area (Å²) in [6, 6.07) is 0. The van der Waals surface area contributed by atoms with Gasteiger partial charge in [0.1, 0.15) is 5.82 Å². The van der Waals surface area contributed by atoms with Gasteiger partial charge in [-0.1, -0.05) is 0 Å². The molecule has 1 aromatic rings. The molecule has 0 saturated carbocycles. The van der Waals surface area contributed by atoms with Crippen LogP contribution in [0, 0.1) is 0 Å². The molecular weight excluding hydrogens is 287 g/mol. The van der Waals surface area contributed by atoms with Crippen LogP contribution in [0.1, 0.15) is 30.8 Å². The standard InChI is InChI=1S/C12H20N4O.2ClH/c1-13-6-5-12(17)14-8-10-9-16-7-3-2-4-11(16)15-10;;/h9,13H,2-8H2,1H3,(H,14,17);2*1H. The van der Waals surface area contributed by atoms with Gasteiger partial charge in [0, 0.05) is 32.1 Å². The highest BCUT2D eigenvalue weighted by Crippen LogP contribution is 2.14. The fraction of sp³-hybridized carbons (Fsp3) is 0.667. The lowest BCUT2D eigenvalue weighted by Gasteiger charge is -2.11. The van der Waals surface area contributed by atoms with Gasteiger partial charge in [-0.3, -0.25) is 4.79 Å². The van der Waals surface area contributed by atoms with Crippen LogP contribution in [0.5, 0.6) is 0 Å². The van der Waals surface area contributed by atoms with E-state index >= 15 is 0 Å². The van der Waals surface area contributed by atoms with Crippen molar-refractivity contribution in [3.05, 3.63) is 17.7 Å². The largest absolute Gasteiger partial charge is 0.350 e. The van der Waals surface area contributed by atoms with Crippen LogP contribution in [0.3, 0.4) is 0 Å². The molecule has 2 N–H and O–H groups in total. The number of imidazole rings is 1. The first-order valence-electron chi connectivity index (χ1n) is 6.26. The molecule has 1 aliphatic rings. The van der Waals surface area contributed by atoms with Crippen LogP contribution in [0.2, 0.25) is 0 Å². The van der Waals surface area contributed by atoms with Crippen LogP contribution in [0.15, 0.2) is 6.20 Å². The maximum atomic E-state index is 11.4. The Morgan fingerprint density at radius 3 is 2.89 bits per heavy atom. The van der Waals surface area contributed by atoms with E-state index in [1.165, 1.54) is 12.8 Å². The molecule has 1 aliphatic heterocycles. The monoisotopic (exact) mass is 308 g/mol. The van der Waals surface area contributed by atoms with Crippen molar-refractivity contribution >= 4 is 30.7 Å². The van der Waals surface area contributed by atoms with Crippen molar-refractivity contribution in [1.29, 1.82) is 0 Å². The van der Waals surface area contributed by atoms with E-state index in [-0.39, 0.29) is 30.7 Å². The van der Waals surface area contributed by atoms with Gasteiger partial charge in [0.25, 0.3) is 0 Å². The number of halogens is 2. The van der Waals surface area contributed by atoms with E-state index in [9.17, 15) is 4.79 Å². The van der Waals surface area contributed by atoms with Crippen molar-refractivity contribution in [3.63, 3.8) is 0 Å². The number of hydrogen-bond donors (Lipinski definition) is 2. The molecule has 0 fully saturated rings. The van der Waals surface area contributed by atoms with Crippen LogP contribution < -0.4 is 10.6 Å². The van der Waals surface area contributed by atoms with Gasteiger partial charge in [0.05, 0.1) is 12.2 Å². The minimum Gasteiger partial charge on any atom is -0.350 e. The Bertz CT molecular complexity index is 372. The number of nitrogens with one attached hydrogen (secondary N) is 2. The van der Waals surface area contributed by atoms with Gasteiger partial charge in [-0.05, 0) is 19.9 Å². The summed E-state index contributed by atoms with van der Waals surface area (Å²) in [7, 11) is 1.84. The van der Waals surface area contributed by atoms with Crippen LogP contribution in [0.25, 0.3) is 0 Å². The second kappa shape index (κ2) is 9.18. The highest BCUT2D eigenvalue weighted by molar-refractivity contribution is 5.85. The summed E-state index contributed by atoms with van der Waals surface area (Å²) in [5.74, 6) is 1.24. The fourth-order valence-electron chi connectivity index (χ4n) is 2.07. The van der Waals surface area contributed by atoms with E-state index < -0.39 is 0 Å². The molecule has 0 saturated heterocycles. The first kappa shape index (κ1) is 18.2. The van der Waals surface area contributed by atoms with Gasteiger partial charge in [-0.15, -0.1) is 24.8 Å². The molecular formula is C12H22Cl2N4O. The molecule has 2 heterocycles. The summed E-state index contributed by atoms with van der Waals surface area (Å²) in [4.78, 5) is 16.0. The maximum Gasteiger partial charge on any atom is 0.221 e. The average Bonchev–Trinajstić information content (AvgIpc) is 2.76. The molecule has 0 unspecified atom stereocenters. The molecule has 0 radical (unpaired) electrons. The van der Waals surface area contributed by atoms with E-state index in [4.69, 9.17) is 0 Å². The summed E-state index contributed by atoms with van der Waals surface area (Å²) in [6.45, 7) is 2.32. The van der Waals surface area contributed by atoms with E-state index in [0.29, 0.717) is 19.5 Å².